The number of hydrogen-bond donors (Lipinski definition) is 1. The summed E-state index contributed by atoms with van der Waals surface area (Å²) in [7, 11) is 1.43. The summed E-state index contributed by atoms with van der Waals surface area (Å²) >= 11 is 6.37. The van der Waals surface area contributed by atoms with Crippen molar-refractivity contribution in [2.45, 2.75) is 26.1 Å². The number of aliphatic hydroxyl groups excluding tert-OH is 1. The van der Waals surface area contributed by atoms with Gasteiger partial charge in [-0.25, -0.2) is 0 Å². The highest BCUT2D eigenvalue weighted by Gasteiger charge is 2.46. The first-order valence-electron chi connectivity index (χ1n) is 12.3. The molecule has 2 heterocycles. The maximum atomic E-state index is 13.4. The van der Waals surface area contributed by atoms with Gasteiger partial charge < -0.3 is 23.9 Å². The topological polar surface area (TPSA) is 89.2 Å². The smallest absolute Gasteiger partial charge is 0.296 e. The van der Waals surface area contributed by atoms with E-state index in [-0.39, 0.29) is 34.2 Å². The van der Waals surface area contributed by atoms with Crippen LogP contribution in [0, 0.1) is 6.92 Å². The standard InChI is InChI=1S/C31H26ClNO6/c1-19-15-24(30(37-2)25(32)16-19)28(34)26-27(33(31(36)29(26)35)17-23-9-6-14-38-23)21-10-12-22(13-11-21)39-18-20-7-4-3-5-8-20/h3-16,27,34H,17-18H2,1-2H3/b28-26+. The molecule has 1 amide bonds. The Morgan fingerprint density at radius 3 is 2.44 bits per heavy atom. The van der Waals surface area contributed by atoms with Crippen LogP contribution in [0.5, 0.6) is 11.5 Å². The first-order chi connectivity index (χ1) is 18.9. The highest BCUT2D eigenvalue weighted by atomic mass is 35.5. The number of rotatable bonds is 8. The summed E-state index contributed by atoms with van der Waals surface area (Å²) in [5, 5.41) is 11.8. The Morgan fingerprint density at radius 1 is 1.03 bits per heavy atom. The van der Waals surface area contributed by atoms with Gasteiger partial charge in [-0.3, -0.25) is 9.59 Å². The zero-order chi connectivity index (χ0) is 27.5. The van der Waals surface area contributed by atoms with Gasteiger partial charge in [-0.15, -0.1) is 0 Å². The van der Waals surface area contributed by atoms with Gasteiger partial charge in [0.15, 0.2) is 0 Å². The number of benzene rings is 3. The van der Waals surface area contributed by atoms with Gasteiger partial charge in [0.2, 0.25) is 0 Å². The summed E-state index contributed by atoms with van der Waals surface area (Å²) in [5.74, 6) is -0.598. The van der Waals surface area contributed by atoms with E-state index in [0.717, 1.165) is 11.1 Å². The van der Waals surface area contributed by atoms with Crippen molar-refractivity contribution in [3.05, 3.63) is 124 Å². The lowest BCUT2D eigenvalue weighted by Gasteiger charge is -2.25. The lowest BCUT2D eigenvalue weighted by Crippen LogP contribution is -2.29. The SMILES string of the molecule is COc1c(Cl)cc(C)cc1/C(O)=C1\C(=O)C(=O)N(Cc2ccco2)C1c1ccc(OCc2ccccc2)cc1. The zero-order valence-corrected chi connectivity index (χ0v) is 22.1. The van der Waals surface area contributed by atoms with Crippen LogP contribution in [0.25, 0.3) is 5.76 Å². The second kappa shape index (κ2) is 11.1. The number of nitrogens with zero attached hydrogens (tertiary/aromatic N) is 1. The lowest BCUT2D eigenvalue weighted by molar-refractivity contribution is -0.140. The average molecular weight is 544 g/mol. The first kappa shape index (κ1) is 26.1. The summed E-state index contributed by atoms with van der Waals surface area (Å²) in [5.41, 5.74) is 2.56. The van der Waals surface area contributed by atoms with E-state index in [1.54, 1.807) is 48.5 Å². The number of hydrogen-bond acceptors (Lipinski definition) is 6. The molecule has 5 rings (SSSR count). The van der Waals surface area contributed by atoms with Gasteiger partial charge in [0.1, 0.15) is 29.6 Å². The number of likely N-dealkylation sites (tertiary alicyclic amines) is 1. The minimum Gasteiger partial charge on any atom is -0.507 e. The molecule has 39 heavy (non-hydrogen) atoms. The Labute approximate surface area is 230 Å². The molecule has 0 radical (unpaired) electrons. The third kappa shape index (κ3) is 5.26. The van der Waals surface area contributed by atoms with Gasteiger partial charge in [0, 0.05) is 0 Å². The van der Waals surface area contributed by atoms with E-state index < -0.39 is 17.7 Å². The third-order valence-electron chi connectivity index (χ3n) is 6.54. The molecule has 0 saturated carbocycles. The van der Waals surface area contributed by atoms with E-state index >= 15 is 0 Å². The number of aryl methyl sites for hydroxylation is 1. The van der Waals surface area contributed by atoms with Crippen molar-refractivity contribution in [1.82, 2.24) is 4.90 Å². The predicted octanol–water partition coefficient (Wildman–Crippen LogP) is 6.45. The molecule has 198 valence electrons. The second-order valence-corrected chi connectivity index (χ2v) is 9.58. The van der Waals surface area contributed by atoms with Crippen LogP contribution in [-0.2, 0) is 22.7 Å². The van der Waals surface area contributed by atoms with Crippen molar-refractivity contribution in [3.8, 4) is 11.5 Å². The molecule has 7 nitrogen and oxygen atoms in total. The van der Waals surface area contributed by atoms with E-state index in [2.05, 4.69) is 0 Å². The average Bonchev–Trinajstić information content (AvgIpc) is 3.54. The Hall–Kier alpha value is -4.49. The Morgan fingerprint density at radius 2 is 1.77 bits per heavy atom. The first-order valence-corrected chi connectivity index (χ1v) is 12.7. The number of carbonyl (C=O) groups excluding carboxylic acids is 2. The van der Waals surface area contributed by atoms with Gasteiger partial charge in [-0.05, 0) is 60.0 Å². The fourth-order valence-corrected chi connectivity index (χ4v) is 5.06. The Balaban J connectivity index is 1.56. The van der Waals surface area contributed by atoms with Crippen molar-refractivity contribution < 1.29 is 28.6 Å². The molecule has 1 unspecified atom stereocenters. The van der Waals surface area contributed by atoms with E-state index in [1.807, 2.05) is 37.3 Å². The molecule has 1 N–H and O–H groups in total. The monoisotopic (exact) mass is 543 g/mol. The minimum absolute atomic E-state index is 0.0387. The largest absolute Gasteiger partial charge is 0.507 e. The highest BCUT2D eigenvalue weighted by Crippen LogP contribution is 2.43. The number of amides is 1. The molecule has 1 aliphatic rings. The summed E-state index contributed by atoms with van der Waals surface area (Å²) in [4.78, 5) is 28.1. The quantitative estimate of drug-likeness (QED) is 0.156. The number of aliphatic hydroxyl groups is 1. The highest BCUT2D eigenvalue weighted by molar-refractivity contribution is 6.46. The normalized spacial score (nSPS) is 16.5. The van der Waals surface area contributed by atoms with E-state index in [9.17, 15) is 14.7 Å². The predicted molar refractivity (Wildman–Crippen MR) is 147 cm³/mol. The number of ketones is 1. The molecular weight excluding hydrogens is 518 g/mol. The fraction of sp³-hybridized carbons (Fsp3) is 0.161. The molecule has 0 bridgehead atoms. The van der Waals surface area contributed by atoms with Crippen molar-refractivity contribution in [1.29, 1.82) is 0 Å². The number of Topliss-reactive ketones (excluding diaryl/α,β-unsaturated/α-hetero) is 1. The van der Waals surface area contributed by atoms with Crippen LogP contribution in [0.3, 0.4) is 0 Å². The van der Waals surface area contributed by atoms with Crippen LogP contribution in [-0.4, -0.2) is 28.8 Å². The number of halogens is 1. The Bertz CT molecular complexity index is 1530. The van der Waals surface area contributed by atoms with E-state index in [0.29, 0.717) is 23.7 Å². The van der Waals surface area contributed by atoms with Gasteiger partial charge in [-0.2, -0.15) is 0 Å². The Kier molecular flexibility index (Phi) is 7.43. The molecule has 1 saturated heterocycles. The summed E-state index contributed by atoms with van der Waals surface area (Å²) in [6.45, 7) is 2.24. The van der Waals surface area contributed by atoms with Crippen molar-refractivity contribution in [3.63, 3.8) is 0 Å². The second-order valence-electron chi connectivity index (χ2n) is 9.18. The van der Waals surface area contributed by atoms with E-state index in [1.165, 1.54) is 18.3 Å². The third-order valence-corrected chi connectivity index (χ3v) is 6.82. The molecule has 0 aliphatic carbocycles. The molecule has 3 aromatic carbocycles. The number of carbonyl (C=O) groups is 2. The molecule has 0 spiro atoms. The van der Waals surface area contributed by atoms with Crippen molar-refractivity contribution in [2.75, 3.05) is 7.11 Å². The molecule has 1 fully saturated rings. The summed E-state index contributed by atoms with van der Waals surface area (Å²) in [6.07, 6.45) is 1.50. The van der Waals surface area contributed by atoms with Crippen molar-refractivity contribution in [2.24, 2.45) is 0 Å². The van der Waals surface area contributed by atoms with Crippen LogP contribution >= 0.6 is 11.6 Å². The van der Waals surface area contributed by atoms with Gasteiger partial charge in [0.05, 0.1) is 42.1 Å². The van der Waals surface area contributed by atoms with Gasteiger partial charge >= 0.3 is 0 Å². The van der Waals surface area contributed by atoms with Crippen LogP contribution in [0.2, 0.25) is 5.02 Å². The van der Waals surface area contributed by atoms with Gasteiger partial charge in [0.25, 0.3) is 11.7 Å². The maximum Gasteiger partial charge on any atom is 0.296 e. The van der Waals surface area contributed by atoms with E-state index in [4.69, 9.17) is 25.5 Å². The van der Waals surface area contributed by atoms with Crippen LogP contribution in [0.4, 0.5) is 0 Å². The lowest BCUT2D eigenvalue weighted by atomic mass is 9.94. The van der Waals surface area contributed by atoms with Crippen molar-refractivity contribution >= 4 is 29.1 Å². The molecule has 1 atom stereocenters. The molecule has 8 heteroatoms. The maximum absolute atomic E-state index is 13.4. The minimum atomic E-state index is -0.887. The zero-order valence-electron chi connectivity index (χ0n) is 21.4. The van der Waals surface area contributed by atoms with Crippen LogP contribution in [0.15, 0.2) is 95.1 Å². The number of ether oxygens (including phenoxy) is 2. The molecular formula is C31H26ClNO6. The number of furan rings is 1. The molecule has 1 aliphatic heterocycles. The number of methoxy groups -OCH3 is 1. The molecule has 1 aromatic heterocycles. The van der Waals surface area contributed by atoms with Gasteiger partial charge in [-0.1, -0.05) is 54.1 Å². The summed E-state index contributed by atoms with van der Waals surface area (Å²) < 4.78 is 16.8. The summed E-state index contributed by atoms with van der Waals surface area (Å²) in [6, 6.07) is 22.8. The van der Waals surface area contributed by atoms with Crippen LogP contribution < -0.4 is 9.47 Å². The van der Waals surface area contributed by atoms with Crippen LogP contribution in [0.1, 0.15) is 34.1 Å². The fourth-order valence-electron chi connectivity index (χ4n) is 4.70. The molecule has 4 aromatic rings.